The summed E-state index contributed by atoms with van der Waals surface area (Å²) in [6, 6.07) is -0.980. The summed E-state index contributed by atoms with van der Waals surface area (Å²) in [5.74, 6) is -0.312. The van der Waals surface area contributed by atoms with Gasteiger partial charge in [0, 0.05) is 6.42 Å². The third-order valence-electron chi connectivity index (χ3n) is 13.0. The number of nitrogens with one attached hydrogen (secondary N) is 1. The Morgan fingerprint density at radius 2 is 0.941 bits per heavy atom. The largest absolute Gasteiger partial charge is 0.394 e. The van der Waals surface area contributed by atoms with Crippen LogP contribution in [0.5, 0.6) is 0 Å². The van der Waals surface area contributed by atoms with E-state index in [-0.39, 0.29) is 18.9 Å². The molecule has 0 aromatic heterocycles. The molecule has 0 radical (unpaired) electrons. The average molecular weight is 980 g/mol. The Labute approximate surface area is 403 Å². The second-order valence-corrected chi connectivity index (χ2v) is 18.6. The molecule has 0 aromatic rings. The van der Waals surface area contributed by atoms with Crippen LogP contribution in [0, 0.1) is 0 Å². The fourth-order valence-electron chi connectivity index (χ4n) is 8.67. The molecule has 0 bridgehead atoms. The zero-order valence-corrected chi connectivity index (χ0v) is 40.6. The quantitative estimate of drug-likeness (QED) is 0.0317. The van der Waals surface area contributed by atoms with Crippen molar-refractivity contribution in [1.29, 1.82) is 0 Å². The lowest BCUT2D eigenvalue weighted by molar-refractivity contribution is -0.379. The lowest BCUT2D eigenvalue weighted by Crippen LogP contribution is -2.66. The Balaban J connectivity index is 1.48. The van der Waals surface area contributed by atoms with Gasteiger partial charge in [-0.2, -0.15) is 0 Å². The van der Waals surface area contributed by atoms with E-state index < -0.39 is 124 Å². The van der Waals surface area contributed by atoms with Crippen LogP contribution in [0.3, 0.4) is 0 Å². The van der Waals surface area contributed by atoms with Crippen LogP contribution in [0.25, 0.3) is 0 Å². The molecule has 3 saturated heterocycles. The minimum Gasteiger partial charge on any atom is -0.394 e. The summed E-state index contributed by atoms with van der Waals surface area (Å²) in [5.41, 5.74) is 0. The predicted molar refractivity (Wildman–Crippen MR) is 250 cm³/mol. The second-order valence-electron chi connectivity index (χ2n) is 18.6. The van der Waals surface area contributed by atoms with Gasteiger partial charge in [-0.1, -0.05) is 134 Å². The molecule has 0 saturated carbocycles. The summed E-state index contributed by atoms with van der Waals surface area (Å²) in [7, 11) is 0. The lowest BCUT2D eigenvalue weighted by Gasteiger charge is -2.48. The first-order valence-electron chi connectivity index (χ1n) is 25.6. The molecular formula is C49H89NO18. The lowest BCUT2D eigenvalue weighted by atomic mass is 9.96. The van der Waals surface area contributed by atoms with Gasteiger partial charge in [-0.15, -0.1) is 0 Å². The molecule has 19 nitrogen and oxygen atoms in total. The molecule has 3 fully saturated rings. The van der Waals surface area contributed by atoms with Gasteiger partial charge in [0.25, 0.3) is 0 Å². The van der Waals surface area contributed by atoms with E-state index >= 15 is 0 Å². The van der Waals surface area contributed by atoms with E-state index in [4.69, 9.17) is 28.4 Å². The van der Waals surface area contributed by atoms with Gasteiger partial charge in [0.05, 0.1) is 38.6 Å². The van der Waals surface area contributed by atoms with Crippen LogP contribution in [0.2, 0.25) is 0 Å². The fourth-order valence-corrected chi connectivity index (χ4v) is 8.67. The molecule has 0 spiro atoms. The highest BCUT2D eigenvalue weighted by Crippen LogP contribution is 2.33. The maximum atomic E-state index is 12.9. The molecule has 19 heteroatoms. The van der Waals surface area contributed by atoms with Gasteiger partial charge in [-0.25, -0.2) is 0 Å². The summed E-state index contributed by atoms with van der Waals surface area (Å²) < 4.78 is 33.9. The molecule has 3 aliphatic rings. The van der Waals surface area contributed by atoms with Crippen LogP contribution in [0.15, 0.2) is 24.3 Å². The van der Waals surface area contributed by atoms with Gasteiger partial charge in [0.15, 0.2) is 18.9 Å². The summed E-state index contributed by atoms with van der Waals surface area (Å²) >= 11 is 0. The number of unbranched alkanes of at least 4 members (excludes halogenated alkanes) is 17. The summed E-state index contributed by atoms with van der Waals surface area (Å²) in [6.45, 7) is 1.48. The van der Waals surface area contributed by atoms with Crippen molar-refractivity contribution in [2.75, 3.05) is 26.4 Å². The molecule has 3 heterocycles. The van der Waals surface area contributed by atoms with E-state index in [2.05, 4.69) is 24.4 Å². The molecule has 1 amide bonds. The van der Waals surface area contributed by atoms with Crippen LogP contribution in [-0.4, -0.2) is 193 Å². The fraction of sp³-hybridized carbons (Fsp3) is 0.898. The number of aliphatic hydroxyl groups is 11. The maximum Gasteiger partial charge on any atom is 0.220 e. The summed E-state index contributed by atoms with van der Waals surface area (Å²) in [6.07, 6.45) is 4.49. The highest BCUT2D eigenvalue weighted by atomic mass is 16.8. The number of rotatable bonds is 35. The van der Waals surface area contributed by atoms with Crippen LogP contribution in [0.4, 0.5) is 0 Å². The number of ether oxygens (including phenoxy) is 6. The van der Waals surface area contributed by atoms with Gasteiger partial charge in [0.1, 0.15) is 73.2 Å². The van der Waals surface area contributed by atoms with Gasteiger partial charge < -0.3 is 89.9 Å². The number of hydrogen-bond donors (Lipinski definition) is 12. The van der Waals surface area contributed by atoms with Crippen molar-refractivity contribution >= 4 is 5.91 Å². The van der Waals surface area contributed by atoms with Crippen molar-refractivity contribution in [2.45, 2.75) is 253 Å². The Kier molecular flexibility index (Phi) is 30.8. The molecular weight excluding hydrogens is 891 g/mol. The van der Waals surface area contributed by atoms with E-state index in [0.717, 1.165) is 32.1 Å². The molecule has 12 N–H and O–H groups in total. The van der Waals surface area contributed by atoms with Gasteiger partial charge in [-0.3, -0.25) is 4.79 Å². The first kappa shape index (κ1) is 60.6. The molecule has 3 rings (SSSR count). The van der Waals surface area contributed by atoms with Crippen LogP contribution in [-0.2, 0) is 33.2 Å². The normalized spacial score (nSPS) is 33.3. The number of allylic oxidation sites excluding steroid dienone is 3. The van der Waals surface area contributed by atoms with Gasteiger partial charge in [-0.05, 0) is 32.1 Å². The molecule has 17 unspecified atom stereocenters. The van der Waals surface area contributed by atoms with Gasteiger partial charge in [0.2, 0.25) is 5.91 Å². The topological polar surface area (TPSA) is 307 Å². The Hall–Kier alpha value is -1.73. The average Bonchev–Trinajstić information content (AvgIpc) is 3.33. The van der Waals surface area contributed by atoms with Crippen molar-refractivity contribution in [1.82, 2.24) is 5.32 Å². The molecule has 3 aliphatic heterocycles. The van der Waals surface area contributed by atoms with Crippen LogP contribution < -0.4 is 5.32 Å². The molecule has 398 valence electrons. The standard InChI is InChI=1S/C49H89NO18/c1-3-5-7-8-9-10-11-12-13-14-15-16-17-18-19-20-21-22-23-25-26-33(54)32(50-37(55)27-24-6-4-2)31-63-47-43(61)40(58)45(35(29-52)65-47)68-49-44(62)41(59)46(36(30-53)66-49)67-48-42(60)39(57)38(56)34(28-51)64-48/h20-21,25-26,32-36,38-49,51-54,56-62H,3-19,22-24,27-31H2,1-2H3,(H,50,55)/b21-20+,26-25+. The third-order valence-corrected chi connectivity index (χ3v) is 13.0. The van der Waals surface area contributed by atoms with E-state index in [1.54, 1.807) is 6.08 Å². The first-order chi connectivity index (χ1) is 32.8. The zero-order valence-electron chi connectivity index (χ0n) is 40.6. The van der Waals surface area contributed by atoms with E-state index in [1.807, 2.05) is 13.0 Å². The Morgan fingerprint density at radius 3 is 1.47 bits per heavy atom. The van der Waals surface area contributed by atoms with Crippen molar-refractivity contribution in [2.24, 2.45) is 0 Å². The first-order valence-corrected chi connectivity index (χ1v) is 25.6. The second kappa shape index (κ2) is 34.6. The van der Waals surface area contributed by atoms with Crippen molar-refractivity contribution < 1.29 is 89.4 Å². The van der Waals surface area contributed by atoms with E-state index in [1.165, 1.54) is 83.5 Å². The SMILES string of the molecule is CCCCCCCCCCCCCCCC/C=C/CC/C=C/C(O)C(COC1OC(CO)C(OC2OC(CO)C(OC3OC(CO)C(O)C(O)C3O)C(O)C2O)C(O)C1O)NC(=O)CCCCC. The van der Waals surface area contributed by atoms with E-state index in [0.29, 0.717) is 12.8 Å². The van der Waals surface area contributed by atoms with Crippen molar-refractivity contribution in [3.8, 4) is 0 Å². The van der Waals surface area contributed by atoms with E-state index in [9.17, 15) is 61.0 Å². The highest BCUT2D eigenvalue weighted by Gasteiger charge is 2.53. The highest BCUT2D eigenvalue weighted by molar-refractivity contribution is 5.76. The number of carbonyl (C=O) groups is 1. The molecule has 68 heavy (non-hydrogen) atoms. The summed E-state index contributed by atoms with van der Waals surface area (Å²) in [4.78, 5) is 12.9. The zero-order chi connectivity index (χ0) is 49.8. The van der Waals surface area contributed by atoms with Crippen LogP contribution in [0.1, 0.15) is 149 Å². The smallest absolute Gasteiger partial charge is 0.220 e. The minimum absolute atomic E-state index is 0.222. The number of amides is 1. The van der Waals surface area contributed by atoms with Crippen LogP contribution >= 0.6 is 0 Å². The number of carbonyl (C=O) groups excluding carboxylic acids is 1. The number of aliphatic hydroxyl groups excluding tert-OH is 11. The monoisotopic (exact) mass is 980 g/mol. The minimum atomic E-state index is -1.98. The summed E-state index contributed by atoms with van der Waals surface area (Å²) in [5, 5.41) is 119. The van der Waals surface area contributed by atoms with Gasteiger partial charge >= 0.3 is 0 Å². The predicted octanol–water partition coefficient (Wildman–Crippen LogP) is 1.64. The molecule has 0 aliphatic carbocycles. The van der Waals surface area contributed by atoms with Crippen molar-refractivity contribution in [3.63, 3.8) is 0 Å². The molecule has 17 atom stereocenters. The Morgan fingerprint density at radius 1 is 0.515 bits per heavy atom. The third kappa shape index (κ3) is 20.4. The number of hydrogen-bond acceptors (Lipinski definition) is 18. The Bertz CT molecular complexity index is 1360. The molecule has 0 aromatic carbocycles. The maximum absolute atomic E-state index is 12.9. The van der Waals surface area contributed by atoms with Crippen molar-refractivity contribution in [3.05, 3.63) is 24.3 Å².